The number of fused-ring (bicyclic) bond motifs is 9. The molecule has 0 amide bonds. The highest BCUT2D eigenvalue weighted by molar-refractivity contribution is 7.00. The summed E-state index contributed by atoms with van der Waals surface area (Å²) in [5, 5.41) is 8.00. The molecule has 0 N–H and O–H groups in total. The van der Waals surface area contributed by atoms with Crippen LogP contribution in [0.4, 0.5) is 34.1 Å². The van der Waals surface area contributed by atoms with Gasteiger partial charge in [0.25, 0.3) is 0 Å². The van der Waals surface area contributed by atoms with Crippen LogP contribution < -0.4 is 9.80 Å². The van der Waals surface area contributed by atoms with Crippen LogP contribution in [-0.2, 0) is 17.5 Å². The highest BCUT2D eigenvalue weighted by Gasteiger charge is 2.60. The van der Waals surface area contributed by atoms with Crippen LogP contribution in [-0.4, -0.2) is 16.1 Å². The van der Waals surface area contributed by atoms with Crippen molar-refractivity contribution in [2.75, 3.05) is 9.80 Å². The van der Waals surface area contributed by atoms with E-state index in [1.165, 1.54) is 77.3 Å². The fourth-order valence-electron chi connectivity index (χ4n) is 11.6. The third-order valence-electron chi connectivity index (χ3n) is 14.0. The Morgan fingerprint density at radius 3 is 1.37 bits per heavy atom. The standard InChI is InChI=1S/C59H58N2Si2/c1-9-41-25-30-47(31-26-41)60(45-19-13-11-14-20-45)49-34-29-43-38-55-56(39-44(43)37-49)59(62(3,4)5,63(6,7)8)58-53-36-35-50(40-54(53)51-23-17-18-24-52(51)57(55)58)61(46-21-15-12-16-22-46)48-32-27-42(10-2)28-33-48/h11-40H,9-10H2,1-8H3. The zero-order valence-corrected chi connectivity index (χ0v) is 40.1. The molecule has 312 valence electrons. The van der Waals surface area contributed by atoms with E-state index in [1.54, 1.807) is 11.1 Å². The molecule has 9 aromatic rings. The molecule has 0 heterocycles. The van der Waals surface area contributed by atoms with Gasteiger partial charge in [-0.1, -0.05) is 156 Å². The number of benzene rings is 9. The van der Waals surface area contributed by atoms with Gasteiger partial charge in [-0.15, -0.1) is 0 Å². The molecule has 9 aromatic carbocycles. The van der Waals surface area contributed by atoms with Gasteiger partial charge in [-0.3, -0.25) is 0 Å². The molecular formula is C59H58N2Si2. The summed E-state index contributed by atoms with van der Waals surface area (Å²) in [6.07, 6.45) is 2.05. The highest BCUT2D eigenvalue weighted by atomic mass is 28.4. The summed E-state index contributed by atoms with van der Waals surface area (Å²) in [6.45, 7) is 20.3. The van der Waals surface area contributed by atoms with Crippen LogP contribution in [0.1, 0.15) is 36.1 Å². The Bertz CT molecular complexity index is 3130. The summed E-state index contributed by atoms with van der Waals surface area (Å²) in [5.74, 6) is 0. The molecule has 0 saturated carbocycles. The zero-order chi connectivity index (χ0) is 43.7. The predicted molar refractivity (Wildman–Crippen MR) is 280 cm³/mol. The third-order valence-corrected chi connectivity index (χ3v) is 24.1. The maximum Gasteiger partial charge on any atom is 0.0579 e. The van der Waals surface area contributed by atoms with Crippen molar-refractivity contribution in [2.24, 2.45) is 0 Å². The molecule has 63 heavy (non-hydrogen) atoms. The number of aryl methyl sites for hydroxylation is 2. The molecule has 0 aromatic heterocycles. The molecule has 0 radical (unpaired) electrons. The predicted octanol–water partition coefficient (Wildman–Crippen LogP) is 17.2. The Morgan fingerprint density at radius 2 is 0.841 bits per heavy atom. The smallest absolute Gasteiger partial charge is 0.0579 e. The number of anilines is 6. The first-order valence-corrected chi connectivity index (χ1v) is 29.9. The van der Waals surface area contributed by atoms with Crippen LogP contribution >= 0.6 is 0 Å². The van der Waals surface area contributed by atoms with Crippen LogP contribution in [0.15, 0.2) is 182 Å². The maximum atomic E-state index is 2.65. The topological polar surface area (TPSA) is 6.48 Å². The second-order valence-electron chi connectivity index (χ2n) is 19.6. The molecule has 0 unspecified atom stereocenters. The number of para-hydroxylation sites is 2. The van der Waals surface area contributed by atoms with Gasteiger partial charge in [0.2, 0.25) is 0 Å². The maximum absolute atomic E-state index is 2.65. The number of hydrogen-bond acceptors (Lipinski definition) is 2. The van der Waals surface area contributed by atoms with Gasteiger partial charge in [0.05, 0.1) is 16.1 Å². The van der Waals surface area contributed by atoms with E-state index in [9.17, 15) is 0 Å². The van der Waals surface area contributed by atoms with E-state index < -0.39 is 16.1 Å². The molecule has 0 atom stereocenters. The summed E-state index contributed by atoms with van der Waals surface area (Å²) < 4.78 is -0.0666. The Hall–Kier alpha value is -6.21. The van der Waals surface area contributed by atoms with Gasteiger partial charge in [-0.2, -0.15) is 0 Å². The molecule has 0 saturated heterocycles. The van der Waals surface area contributed by atoms with Gasteiger partial charge in [0, 0.05) is 38.8 Å². The summed E-state index contributed by atoms with van der Waals surface area (Å²) in [7, 11) is -4.13. The van der Waals surface area contributed by atoms with Crippen LogP contribution in [0.2, 0.25) is 39.3 Å². The average Bonchev–Trinajstić information content (AvgIpc) is 3.62. The van der Waals surface area contributed by atoms with Gasteiger partial charge >= 0.3 is 0 Å². The van der Waals surface area contributed by atoms with Crippen molar-refractivity contribution < 1.29 is 0 Å². The van der Waals surface area contributed by atoms with Crippen molar-refractivity contribution in [3.8, 4) is 11.1 Å². The van der Waals surface area contributed by atoms with Gasteiger partial charge in [0.1, 0.15) is 0 Å². The molecule has 1 aliphatic rings. The van der Waals surface area contributed by atoms with Crippen LogP contribution in [0.25, 0.3) is 43.4 Å². The normalized spacial score (nSPS) is 13.3. The Morgan fingerprint density at radius 1 is 0.381 bits per heavy atom. The summed E-state index contributed by atoms with van der Waals surface area (Å²) in [6, 6.07) is 68.9. The summed E-state index contributed by atoms with van der Waals surface area (Å²) >= 11 is 0. The molecule has 0 aliphatic heterocycles. The lowest BCUT2D eigenvalue weighted by Gasteiger charge is -2.51. The minimum Gasteiger partial charge on any atom is -0.310 e. The van der Waals surface area contributed by atoms with Crippen molar-refractivity contribution in [2.45, 2.75) is 70.6 Å². The van der Waals surface area contributed by atoms with E-state index in [0.717, 1.165) is 24.2 Å². The zero-order valence-electron chi connectivity index (χ0n) is 38.1. The second-order valence-corrected chi connectivity index (χ2v) is 30.6. The van der Waals surface area contributed by atoms with E-state index in [1.807, 2.05) is 0 Å². The molecular weight excluding hydrogens is 793 g/mol. The van der Waals surface area contributed by atoms with Crippen LogP contribution in [0, 0.1) is 0 Å². The number of nitrogens with zero attached hydrogens (tertiary/aromatic N) is 2. The molecule has 0 spiro atoms. The molecule has 0 bridgehead atoms. The van der Waals surface area contributed by atoms with Gasteiger partial charge in [-0.05, 0) is 157 Å². The first-order valence-electron chi connectivity index (χ1n) is 22.9. The minimum absolute atomic E-state index is 0.0666. The molecule has 10 rings (SSSR count). The monoisotopic (exact) mass is 850 g/mol. The quantitative estimate of drug-likeness (QED) is 0.0999. The van der Waals surface area contributed by atoms with Crippen molar-refractivity contribution >= 4 is 82.6 Å². The first kappa shape index (κ1) is 40.8. The van der Waals surface area contributed by atoms with Gasteiger partial charge in [0.15, 0.2) is 0 Å². The lowest BCUT2D eigenvalue weighted by atomic mass is 9.90. The lowest BCUT2D eigenvalue weighted by Crippen LogP contribution is -2.63. The van der Waals surface area contributed by atoms with Crippen molar-refractivity contribution in [1.82, 2.24) is 0 Å². The number of rotatable bonds is 10. The number of hydrogen-bond donors (Lipinski definition) is 0. The van der Waals surface area contributed by atoms with E-state index in [-0.39, 0.29) is 4.66 Å². The van der Waals surface area contributed by atoms with Crippen LogP contribution in [0.5, 0.6) is 0 Å². The minimum atomic E-state index is -2.06. The fraction of sp³-hybridized carbons (Fsp3) is 0.186. The van der Waals surface area contributed by atoms with Crippen molar-refractivity contribution in [3.63, 3.8) is 0 Å². The van der Waals surface area contributed by atoms with Gasteiger partial charge < -0.3 is 9.80 Å². The lowest BCUT2D eigenvalue weighted by molar-refractivity contribution is 0.965. The summed E-state index contributed by atoms with van der Waals surface area (Å²) in [4.78, 5) is 4.85. The Balaban J connectivity index is 1.24. The molecule has 2 nitrogen and oxygen atoms in total. The SMILES string of the molecule is CCc1ccc(N(c2ccccc2)c2ccc3cc4c(cc3c2)C([Si](C)(C)C)([Si](C)(C)C)c2c-4c3ccccc3c3cc(N(c4ccccc4)c4ccc(CC)cc4)ccc23)cc1. The van der Waals surface area contributed by atoms with E-state index in [2.05, 4.69) is 245 Å². The Labute approximate surface area is 376 Å². The second kappa shape index (κ2) is 15.5. The van der Waals surface area contributed by atoms with Crippen molar-refractivity contribution in [1.29, 1.82) is 0 Å². The van der Waals surface area contributed by atoms with Crippen molar-refractivity contribution in [3.05, 3.63) is 204 Å². The fourth-order valence-corrected chi connectivity index (χ4v) is 24.6. The first-order chi connectivity index (χ1) is 30.4. The van der Waals surface area contributed by atoms with E-state index >= 15 is 0 Å². The van der Waals surface area contributed by atoms with Gasteiger partial charge in [-0.25, -0.2) is 0 Å². The molecule has 4 heteroatoms. The highest BCUT2D eigenvalue weighted by Crippen LogP contribution is 2.62. The molecule has 1 aliphatic carbocycles. The average molecular weight is 851 g/mol. The Kier molecular flexibility index (Phi) is 10.1. The van der Waals surface area contributed by atoms with Crippen LogP contribution in [0.3, 0.4) is 0 Å². The van der Waals surface area contributed by atoms with E-state index in [0.29, 0.717) is 0 Å². The summed E-state index contributed by atoms with van der Waals surface area (Å²) in [5.41, 5.74) is 15.7. The third kappa shape index (κ3) is 6.57. The largest absolute Gasteiger partial charge is 0.310 e. The molecule has 0 fully saturated rings. The van der Waals surface area contributed by atoms with E-state index in [4.69, 9.17) is 0 Å².